The Labute approximate surface area is 144 Å². The van der Waals surface area contributed by atoms with Gasteiger partial charge in [-0.05, 0) is 18.8 Å². The van der Waals surface area contributed by atoms with Crippen LogP contribution in [0.4, 0.5) is 0 Å². The second-order valence-electron chi connectivity index (χ2n) is 6.71. The number of nitrogens with one attached hydrogen (secondary N) is 1. The van der Waals surface area contributed by atoms with E-state index in [1.807, 2.05) is 0 Å². The predicted molar refractivity (Wildman–Crippen MR) is 99.5 cm³/mol. The van der Waals surface area contributed by atoms with Gasteiger partial charge in [0, 0.05) is 6.54 Å². The molecule has 1 amide bonds. The molecule has 0 spiro atoms. The first-order valence-electron chi connectivity index (χ1n) is 9.11. The van der Waals surface area contributed by atoms with Gasteiger partial charge >= 0.3 is 0 Å². The zero-order valence-electron chi connectivity index (χ0n) is 15.0. The molecular formula is C18H39ClN2O. The second-order valence-corrected chi connectivity index (χ2v) is 6.71. The minimum Gasteiger partial charge on any atom is -0.355 e. The van der Waals surface area contributed by atoms with Gasteiger partial charge in [0.05, 0.1) is 6.04 Å². The summed E-state index contributed by atoms with van der Waals surface area (Å²) in [6.45, 7) is 7.22. The van der Waals surface area contributed by atoms with Gasteiger partial charge in [-0.2, -0.15) is 0 Å². The van der Waals surface area contributed by atoms with Crippen LogP contribution >= 0.6 is 12.4 Å². The number of amides is 1. The molecule has 0 bridgehead atoms. The van der Waals surface area contributed by atoms with Gasteiger partial charge in [-0.25, -0.2) is 0 Å². The van der Waals surface area contributed by atoms with Crippen LogP contribution in [-0.2, 0) is 4.79 Å². The van der Waals surface area contributed by atoms with Gasteiger partial charge in [0.1, 0.15) is 0 Å². The number of hydrogen-bond acceptors (Lipinski definition) is 2. The van der Waals surface area contributed by atoms with Gasteiger partial charge in [-0.3, -0.25) is 4.79 Å². The molecule has 3 N–H and O–H groups in total. The molecule has 0 aliphatic rings. The molecule has 134 valence electrons. The Hall–Kier alpha value is -0.280. The highest BCUT2D eigenvalue weighted by Crippen LogP contribution is 2.10. The van der Waals surface area contributed by atoms with Crippen molar-refractivity contribution < 1.29 is 4.79 Å². The fourth-order valence-electron chi connectivity index (χ4n) is 2.57. The number of unbranched alkanes of at least 4 members (excludes halogenated alkanes) is 9. The van der Waals surface area contributed by atoms with Crippen molar-refractivity contribution >= 4 is 18.3 Å². The quantitative estimate of drug-likeness (QED) is 0.447. The molecule has 1 atom stereocenters. The molecule has 0 radical (unpaired) electrons. The molecule has 0 aliphatic heterocycles. The molecule has 0 heterocycles. The number of carbonyl (C=O) groups is 1. The molecule has 0 aromatic heterocycles. The third kappa shape index (κ3) is 16.1. The molecule has 0 saturated carbocycles. The van der Waals surface area contributed by atoms with Crippen molar-refractivity contribution in [3.05, 3.63) is 0 Å². The van der Waals surface area contributed by atoms with E-state index in [-0.39, 0.29) is 24.4 Å². The minimum atomic E-state index is -0.340. The van der Waals surface area contributed by atoms with Crippen LogP contribution < -0.4 is 11.1 Å². The van der Waals surface area contributed by atoms with Crippen LogP contribution in [0, 0.1) is 5.92 Å². The normalized spacial score (nSPS) is 12.0. The van der Waals surface area contributed by atoms with Crippen LogP contribution in [0.25, 0.3) is 0 Å². The summed E-state index contributed by atoms with van der Waals surface area (Å²) in [6, 6.07) is -0.340. The Bertz CT molecular complexity index is 247. The molecule has 0 rings (SSSR count). The molecule has 22 heavy (non-hydrogen) atoms. The van der Waals surface area contributed by atoms with Crippen molar-refractivity contribution in [2.75, 3.05) is 6.54 Å². The first-order valence-corrected chi connectivity index (χ1v) is 9.11. The molecule has 0 aromatic carbocycles. The van der Waals surface area contributed by atoms with Gasteiger partial charge in [-0.1, -0.05) is 78.6 Å². The summed E-state index contributed by atoms with van der Waals surface area (Å²) in [7, 11) is 0. The van der Waals surface area contributed by atoms with E-state index in [0.29, 0.717) is 5.92 Å². The van der Waals surface area contributed by atoms with Crippen LogP contribution in [0.1, 0.15) is 91.4 Å². The lowest BCUT2D eigenvalue weighted by Crippen LogP contribution is -2.41. The van der Waals surface area contributed by atoms with Gasteiger partial charge in [0.2, 0.25) is 5.91 Å². The molecule has 0 aromatic rings. The standard InChI is InChI=1S/C18H38N2O.ClH/c1-4-5-6-7-8-9-10-11-12-13-14-20-18(21)17(19)15-16(2)3;/h16-17H,4-15,19H2,1-3H3,(H,20,21);1H. The maximum absolute atomic E-state index is 11.7. The summed E-state index contributed by atoms with van der Waals surface area (Å²) in [6.07, 6.45) is 14.0. The summed E-state index contributed by atoms with van der Waals surface area (Å²) in [4.78, 5) is 11.7. The minimum absolute atomic E-state index is 0. The lowest BCUT2D eigenvalue weighted by molar-refractivity contribution is -0.122. The van der Waals surface area contributed by atoms with Gasteiger partial charge in [-0.15, -0.1) is 12.4 Å². The van der Waals surface area contributed by atoms with Crippen molar-refractivity contribution in [3.63, 3.8) is 0 Å². The van der Waals surface area contributed by atoms with E-state index in [0.717, 1.165) is 19.4 Å². The van der Waals surface area contributed by atoms with Crippen LogP contribution in [0.2, 0.25) is 0 Å². The largest absolute Gasteiger partial charge is 0.355 e. The molecular weight excluding hydrogens is 296 g/mol. The fraction of sp³-hybridized carbons (Fsp3) is 0.944. The molecule has 0 saturated heterocycles. The molecule has 3 nitrogen and oxygen atoms in total. The number of halogens is 1. The number of nitrogens with two attached hydrogens (primary N) is 1. The van der Waals surface area contributed by atoms with E-state index in [1.54, 1.807) is 0 Å². The van der Waals surface area contributed by atoms with E-state index < -0.39 is 0 Å². The SMILES string of the molecule is CCCCCCCCCCCCNC(=O)C(N)CC(C)C.Cl. The van der Waals surface area contributed by atoms with Gasteiger partial charge < -0.3 is 11.1 Å². The van der Waals surface area contributed by atoms with Crippen molar-refractivity contribution in [1.82, 2.24) is 5.32 Å². The first-order chi connectivity index (χ1) is 10.1. The van der Waals surface area contributed by atoms with E-state index in [1.165, 1.54) is 57.8 Å². The fourth-order valence-corrected chi connectivity index (χ4v) is 2.57. The topological polar surface area (TPSA) is 55.1 Å². The summed E-state index contributed by atoms with van der Waals surface area (Å²) in [5.74, 6) is 0.489. The Kier molecular flexibility index (Phi) is 18.6. The lowest BCUT2D eigenvalue weighted by atomic mass is 10.0. The molecule has 0 fully saturated rings. The van der Waals surface area contributed by atoms with Crippen LogP contribution in [0.15, 0.2) is 0 Å². The highest BCUT2D eigenvalue weighted by Gasteiger charge is 2.13. The van der Waals surface area contributed by atoms with Crippen LogP contribution in [0.3, 0.4) is 0 Å². The van der Waals surface area contributed by atoms with Crippen molar-refractivity contribution in [2.45, 2.75) is 97.4 Å². The van der Waals surface area contributed by atoms with Crippen molar-refractivity contribution in [3.8, 4) is 0 Å². The van der Waals surface area contributed by atoms with E-state index >= 15 is 0 Å². The number of carbonyl (C=O) groups excluding carboxylic acids is 1. The zero-order chi connectivity index (χ0) is 15.9. The summed E-state index contributed by atoms with van der Waals surface area (Å²) in [5.41, 5.74) is 5.84. The molecule has 4 heteroatoms. The highest BCUT2D eigenvalue weighted by molar-refractivity contribution is 5.85. The number of hydrogen-bond donors (Lipinski definition) is 2. The first kappa shape index (κ1) is 24.0. The summed E-state index contributed by atoms with van der Waals surface area (Å²) >= 11 is 0. The average Bonchev–Trinajstić information content (AvgIpc) is 2.43. The lowest BCUT2D eigenvalue weighted by Gasteiger charge is -2.14. The van der Waals surface area contributed by atoms with Crippen LogP contribution in [-0.4, -0.2) is 18.5 Å². The van der Waals surface area contributed by atoms with E-state index in [4.69, 9.17) is 5.73 Å². The molecule has 0 aliphatic carbocycles. The summed E-state index contributed by atoms with van der Waals surface area (Å²) < 4.78 is 0. The highest BCUT2D eigenvalue weighted by atomic mass is 35.5. The maximum Gasteiger partial charge on any atom is 0.236 e. The monoisotopic (exact) mass is 334 g/mol. The predicted octanol–water partition coefficient (Wildman–Crippen LogP) is 4.82. The van der Waals surface area contributed by atoms with Crippen LogP contribution in [0.5, 0.6) is 0 Å². The third-order valence-corrected chi connectivity index (χ3v) is 3.89. The zero-order valence-corrected chi connectivity index (χ0v) is 15.9. The summed E-state index contributed by atoms with van der Waals surface area (Å²) in [5, 5.41) is 2.95. The average molecular weight is 335 g/mol. The number of rotatable bonds is 14. The third-order valence-electron chi connectivity index (χ3n) is 3.89. The smallest absolute Gasteiger partial charge is 0.236 e. The Morgan fingerprint density at radius 3 is 1.82 bits per heavy atom. The van der Waals surface area contributed by atoms with Crippen molar-refractivity contribution in [1.29, 1.82) is 0 Å². The maximum atomic E-state index is 11.7. The Balaban J connectivity index is 0. The van der Waals surface area contributed by atoms with Gasteiger partial charge in [0.15, 0.2) is 0 Å². The Morgan fingerprint density at radius 1 is 0.909 bits per heavy atom. The van der Waals surface area contributed by atoms with E-state index in [2.05, 4.69) is 26.1 Å². The van der Waals surface area contributed by atoms with E-state index in [9.17, 15) is 4.79 Å². The van der Waals surface area contributed by atoms with Crippen molar-refractivity contribution in [2.24, 2.45) is 11.7 Å². The Morgan fingerprint density at radius 2 is 1.36 bits per heavy atom. The van der Waals surface area contributed by atoms with Gasteiger partial charge in [0.25, 0.3) is 0 Å². The molecule has 1 unspecified atom stereocenters. The second kappa shape index (κ2) is 17.1.